The molecule has 1 N–H and O–H groups in total. The minimum Gasteiger partial charge on any atom is -0.469 e. The first-order valence-electron chi connectivity index (χ1n) is 11.2. The molecular formula is C23H36O3S2. The minimum atomic E-state index is -0.367. The predicted octanol–water partition coefficient (Wildman–Crippen LogP) is 5.11. The van der Waals surface area contributed by atoms with Gasteiger partial charge in [-0.25, -0.2) is 0 Å². The molecule has 0 aromatic heterocycles. The van der Waals surface area contributed by atoms with Crippen LogP contribution in [0.4, 0.5) is 0 Å². The van der Waals surface area contributed by atoms with E-state index in [1.807, 2.05) is 0 Å². The summed E-state index contributed by atoms with van der Waals surface area (Å²) in [6, 6.07) is 0. The van der Waals surface area contributed by atoms with Gasteiger partial charge in [-0.1, -0.05) is 20.3 Å². The van der Waals surface area contributed by atoms with Crippen molar-refractivity contribution in [3.63, 3.8) is 0 Å². The van der Waals surface area contributed by atoms with E-state index in [0.29, 0.717) is 11.8 Å². The highest BCUT2D eigenvalue weighted by atomic mass is 32.2. The Labute approximate surface area is 178 Å². The number of thioether (sulfide) groups is 2. The third kappa shape index (κ3) is 2.12. The van der Waals surface area contributed by atoms with Crippen LogP contribution in [0.15, 0.2) is 0 Å². The number of carbonyl (C=O) groups excluding carboxylic acids is 1. The number of methoxy groups -OCH3 is 1. The average Bonchev–Trinajstić information content (AvgIpc) is 3.11. The highest BCUT2D eigenvalue weighted by molar-refractivity contribution is 8.21. The average molecular weight is 425 g/mol. The van der Waals surface area contributed by atoms with Gasteiger partial charge in [-0.2, -0.15) is 0 Å². The van der Waals surface area contributed by atoms with E-state index >= 15 is 0 Å². The van der Waals surface area contributed by atoms with Gasteiger partial charge in [0.2, 0.25) is 0 Å². The van der Waals surface area contributed by atoms with Crippen LogP contribution in [0.3, 0.4) is 0 Å². The van der Waals surface area contributed by atoms with E-state index in [0.717, 1.165) is 25.7 Å². The van der Waals surface area contributed by atoms with Gasteiger partial charge in [0.1, 0.15) is 0 Å². The largest absolute Gasteiger partial charge is 0.469 e. The van der Waals surface area contributed by atoms with E-state index in [-0.39, 0.29) is 37.8 Å². The van der Waals surface area contributed by atoms with E-state index in [1.165, 1.54) is 37.2 Å². The van der Waals surface area contributed by atoms with Gasteiger partial charge in [-0.05, 0) is 74.5 Å². The van der Waals surface area contributed by atoms with Gasteiger partial charge in [0, 0.05) is 16.9 Å². The van der Waals surface area contributed by atoms with Crippen molar-refractivity contribution in [1.82, 2.24) is 0 Å². The zero-order valence-electron chi connectivity index (χ0n) is 17.9. The normalized spacial score (nSPS) is 54.2. The Bertz CT molecular complexity index is 691. The van der Waals surface area contributed by atoms with Gasteiger partial charge >= 0.3 is 5.97 Å². The summed E-state index contributed by atoms with van der Waals surface area (Å²) in [6.07, 6.45) is 8.77. The summed E-state index contributed by atoms with van der Waals surface area (Å²) in [4.78, 5) is 12.9. The second-order valence-electron chi connectivity index (χ2n) is 11.1. The molecular weight excluding hydrogens is 388 g/mol. The minimum absolute atomic E-state index is 0.00499. The zero-order chi connectivity index (χ0) is 20.0. The standard InChI is InChI=1S/C23H36O3S2/c1-19(18(25)26-4)8-5-9-20(2)16(19)7-6-15-12-21(3)17(24)13-22(15,20)14-23(21)27-10-11-28-23/h15-17,24H,5-14H2,1-4H3/t15-,16-,17-,19+,20-,21-,22-/m0/s1. The van der Waals surface area contributed by atoms with Crippen LogP contribution >= 0.6 is 23.5 Å². The van der Waals surface area contributed by atoms with Crippen molar-refractivity contribution in [1.29, 1.82) is 0 Å². The lowest BCUT2D eigenvalue weighted by molar-refractivity contribution is -0.253. The van der Waals surface area contributed by atoms with Crippen molar-refractivity contribution >= 4 is 29.5 Å². The molecule has 6 fully saturated rings. The van der Waals surface area contributed by atoms with E-state index < -0.39 is 0 Å². The van der Waals surface area contributed by atoms with Crippen LogP contribution in [0.2, 0.25) is 0 Å². The first-order valence-corrected chi connectivity index (χ1v) is 13.2. The van der Waals surface area contributed by atoms with Gasteiger partial charge in [0.15, 0.2) is 0 Å². The van der Waals surface area contributed by atoms with E-state index in [2.05, 4.69) is 44.3 Å². The first kappa shape index (κ1) is 20.1. The number of rotatable bonds is 1. The van der Waals surface area contributed by atoms with Gasteiger partial charge in [0.05, 0.1) is 22.7 Å². The van der Waals surface area contributed by atoms with Crippen LogP contribution in [0.1, 0.15) is 72.1 Å². The second kappa shape index (κ2) is 6.09. The highest BCUT2D eigenvalue weighted by Crippen LogP contribution is 2.81. The van der Waals surface area contributed by atoms with Gasteiger partial charge in [-0.15, -0.1) is 23.5 Å². The van der Waals surface area contributed by atoms with Crippen molar-refractivity contribution in [2.75, 3.05) is 18.6 Å². The smallest absolute Gasteiger partial charge is 0.311 e. The lowest BCUT2D eigenvalue weighted by Crippen LogP contribution is -2.72. The predicted molar refractivity (Wildman–Crippen MR) is 116 cm³/mol. The van der Waals surface area contributed by atoms with Crippen molar-refractivity contribution in [2.45, 2.75) is 82.3 Å². The van der Waals surface area contributed by atoms with Crippen LogP contribution < -0.4 is 0 Å². The van der Waals surface area contributed by atoms with Crippen molar-refractivity contribution in [3.8, 4) is 0 Å². The molecule has 28 heavy (non-hydrogen) atoms. The molecule has 5 aliphatic carbocycles. The maximum Gasteiger partial charge on any atom is 0.311 e. The molecule has 2 bridgehead atoms. The molecule has 0 aromatic rings. The maximum atomic E-state index is 12.9. The summed E-state index contributed by atoms with van der Waals surface area (Å²) in [5, 5.41) is 11.5. The number of carbonyl (C=O) groups is 1. The van der Waals surface area contributed by atoms with Gasteiger partial charge in [0.25, 0.3) is 0 Å². The first-order chi connectivity index (χ1) is 13.2. The fourth-order valence-electron chi connectivity index (χ4n) is 8.94. The molecule has 158 valence electrons. The topological polar surface area (TPSA) is 46.5 Å². The monoisotopic (exact) mass is 424 g/mol. The molecule has 5 heteroatoms. The Morgan fingerprint density at radius 2 is 1.75 bits per heavy atom. The van der Waals surface area contributed by atoms with Crippen LogP contribution in [0.25, 0.3) is 0 Å². The molecule has 1 heterocycles. The van der Waals surface area contributed by atoms with E-state index in [9.17, 15) is 9.90 Å². The summed E-state index contributed by atoms with van der Waals surface area (Å²) >= 11 is 4.28. The van der Waals surface area contributed by atoms with Crippen LogP contribution in [-0.2, 0) is 9.53 Å². The fourth-order valence-corrected chi connectivity index (χ4v) is 12.9. The maximum absolute atomic E-state index is 12.9. The number of aliphatic hydroxyl groups is 1. The Balaban J connectivity index is 1.63. The number of esters is 1. The number of aliphatic hydroxyl groups excluding tert-OH is 1. The number of hydrogen-bond acceptors (Lipinski definition) is 5. The Hall–Kier alpha value is 0.130. The molecule has 3 nitrogen and oxygen atoms in total. The third-order valence-corrected chi connectivity index (χ3v) is 14.4. The molecule has 7 atom stereocenters. The molecule has 6 rings (SSSR count). The lowest BCUT2D eigenvalue weighted by atomic mass is 9.32. The summed E-state index contributed by atoms with van der Waals surface area (Å²) < 4.78 is 5.50. The number of fused-ring (bicyclic) bond motifs is 2. The van der Waals surface area contributed by atoms with Crippen LogP contribution in [0.5, 0.6) is 0 Å². The molecule has 2 spiro atoms. The third-order valence-electron chi connectivity index (χ3n) is 10.4. The van der Waals surface area contributed by atoms with E-state index in [4.69, 9.17) is 4.74 Å². The van der Waals surface area contributed by atoms with E-state index in [1.54, 1.807) is 7.11 Å². The summed E-state index contributed by atoms with van der Waals surface area (Å²) in [5.74, 6) is 3.51. The van der Waals surface area contributed by atoms with Gasteiger partial charge in [-0.3, -0.25) is 4.79 Å². The Morgan fingerprint density at radius 3 is 2.43 bits per heavy atom. The molecule has 0 aromatic carbocycles. The summed E-state index contributed by atoms with van der Waals surface area (Å²) in [5.41, 5.74) is -0.0355. The van der Waals surface area contributed by atoms with Crippen LogP contribution in [-0.4, -0.2) is 39.9 Å². The number of ether oxygens (including phenoxy) is 1. The van der Waals surface area contributed by atoms with Crippen molar-refractivity contribution in [2.24, 2.45) is 33.5 Å². The summed E-state index contributed by atoms with van der Waals surface area (Å²) in [6.45, 7) is 7.07. The second-order valence-corrected chi connectivity index (χ2v) is 14.2. The quantitative estimate of drug-likeness (QED) is 0.593. The molecule has 1 aliphatic heterocycles. The molecule has 0 unspecified atom stereocenters. The SMILES string of the molecule is COC(=O)[C@]1(C)CCC[C@@]2(C)[C@H]1CC[C@H]1C[C@@]3(C)[C@@H](O)C[C@]12CC31SCCS1. The highest BCUT2D eigenvalue weighted by Gasteiger charge is 2.76. The molecule has 0 amide bonds. The zero-order valence-corrected chi connectivity index (χ0v) is 19.5. The van der Waals surface area contributed by atoms with Crippen molar-refractivity contribution in [3.05, 3.63) is 0 Å². The summed E-state index contributed by atoms with van der Waals surface area (Å²) in [7, 11) is 1.56. The molecule has 5 saturated carbocycles. The van der Waals surface area contributed by atoms with Gasteiger partial charge < -0.3 is 9.84 Å². The fraction of sp³-hybridized carbons (Fsp3) is 0.957. The Kier molecular flexibility index (Phi) is 4.37. The van der Waals surface area contributed by atoms with Crippen molar-refractivity contribution < 1.29 is 14.6 Å². The Morgan fingerprint density at radius 1 is 1.04 bits per heavy atom. The molecule has 0 radical (unpaired) electrons. The molecule has 1 saturated heterocycles. The van der Waals surface area contributed by atoms with Crippen LogP contribution in [0, 0.1) is 33.5 Å². The molecule has 6 aliphatic rings. The number of hydrogen-bond donors (Lipinski definition) is 1. The lowest BCUT2D eigenvalue weighted by Gasteiger charge is -2.75.